The number of esters is 1. The lowest BCUT2D eigenvalue weighted by Gasteiger charge is -2.33. The number of ether oxygens (including phenoxy) is 2. The Bertz CT molecular complexity index is 1070. The molecule has 174 valence electrons. The number of benzene rings is 3. The first-order chi connectivity index (χ1) is 15.9. The van der Waals surface area contributed by atoms with Gasteiger partial charge in [-0.2, -0.15) is 0 Å². The maximum absolute atomic E-state index is 12.7. The lowest BCUT2D eigenvalue weighted by Crippen LogP contribution is -2.33. The van der Waals surface area contributed by atoms with Gasteiger partial charge in [0, 0.05) is 5.38 Å². The minimum Gasteiger partial charge on any atom is -0.462 e. The molecule has 0 saturated carbocycles. The third-order valence-corrected chi connectivity index (χ3v) is 6.76. The molecule has 1 aliphatic heterocycles. The van der Waals surface area contributed by atoms with Gasteiger partial charge in [0.25, 0.3) is 0 Å². The number of hydrogen-bond acceptors (Lipinski definition) is 3. The molecule has 3 nitrogen and oxygen atoms in total. The summed E-state index contributed by atoms with van der Waals surface area (Å²) in [5.74, 6) is 0.0631. The number of halogens is 1. The number of carbonyl (C=O) groups excluding carboxylic acids is 1. The maximum Gasteiger partial charge on any atom is 0.313 e. The summed E-state index contributed by atoms with van der Waals surface area (Å²) >= 11 is 6.61. The van der Waals surface area contributed by atoms with Gasteiger partial charge in [-0.1, -0.05) is 80.6 Å². The number of alkyl halides is 1. The van der Waals surface area contributed by atoms with Gasteiger partial charge in [0.15, 0.2) is 0 Å². The highest BCUT2D eigenvalue weighted by molar-refractivity contribution is 6.20. The topological polar surface area (TPSA) is 35.5 Å². The fraction of sp³-hybridized carbons (Fsp3) is 0.414. The average molecular weight is 465 g/mol. The first-order valence-electron chi connectivity index (χ1n) is 11.9. The van der Waals surface area contributed by atoms with Gasteiger partial charge in [-0.05, 0) is 59.6 Å². The second-order valence-corrected chi connectivity index (χ2v) is 10.2. The minimum absolute atomic E-state index is 0.0163. The number of rotatable bonds is 7. The molecule has 1 aliphatic rings. The molecule has 4 atom stereocenters. The molecule has 0 radical (unpaired) electrons. The molecular formula is C29H33ClO3. The molecule has 4 rings (SSSR count). The zero-order valence-corrected chi connectivity index (χ0v) is 20.4. The number of fused-ring (bicyclic) bond motifs is 1. The molecule has 3 aromatic carbocycles. The minimum atomic E-state index is -0.317. The summed E-state index contributed by atoms with van der Waals surface area (Å²) in [5, 5.41) is 2.35. The third kappa shape index (κ3) is 5.96. The van der Waals surface area contributed by atoms with Gasteiger partial charge >= 0.3 is 5.97 Å². The van der Waals surface area contributed by atoms with Crippen molar-refractivity contribution in [1.29, 1.82) is 0 Å². The van der Waals surface area contributed by atoms with Gasteiger partial charge < -0.3 is 9.47 Å². The Balaban J connectivity index is 1.38. The Morgan fingerprint density at radius 1 is 1.00 bits per heavy atom. The van der Waals surface area contributed by atoms with E-state index >= 15 is 0 Å². The molecule has 0 amide bonds. The Labute approximate surface area is 202 Å². The van der Waals surface area contributed by atoms with Crippen molar-refractivity contribution in [2.45, 2.75) is 63.5 Å². The van der Waals surface area contributed by atoms with Gasteiger partial charge in [0.1, 0.15) is 6.61 Å². The fourth-order valence-corrected chi connectivity index (χ4v) is 5.01. The smallest absolute Gasteiger partial charge is 0.313 e. The van der Waals surface area contributed by atoms with Gasteiger partial charge in [-0.25, -0.2) is 0 Å². The largest absolute Gasteiger partial charge is 0.462 e. The highest BCUT2D eigenvalue weighted by Gasteiger charge is 2.31. The van der Waals surface area contributed by atoms with Crippen LogP contribution in [0.25, 0.3) is 10.8 Å². The van der Waals surface area contributed by atoms with Crippen LogP contribution in [0.4, 0.5) is 0 Å². The lowest BCUT2D eigenvalue weighted by molar-refractivity contribution is -0.153. The first kappa shape index (κ1) is 23.8. The second-order valence-electron chi connectivity index (χ2n) is 9.58. The summed E-state index contributed by atoms with van der Waals surface area (Å²) < 4.78 is 12.1. The summed E-state index contributed by atoms with van der Waals surface area (Å²) in [6, 6.07) is 22.9. The van der Waals surface area contributed by atoms with E-state index in [4.69, 9.17) is 21.1 Å². The Hall–Kier alpha value is -2.36. The standard InChI is InChI=1S/C29H33ClO3/c1-19(2)15-21-11-13-22(14-12-21)20(3)29(31)32-18-25-16-24(30)17-28(33-25)27-10-6-8-23-7-4-5-9-26(23)27/h4-14,19-20,24-25,28H,15-18H2,1-3H3/t20?,24-,25-,28+/m0/s1. The van der Waals surface area contributed by atoms with Crippen molar-refractivity contribution in [3.8, 4) is 0 Å². The predicted molar refractivity (Wildman–Crippen MR) is 135 cm³/mol. The van der Waals surface area contributed by atoms with Crippen LogP contribution in [0.2, 0.25) is 0 Å². The summed E-state index contributed by atoms with van der Waals surface area (Å²) in [6.07, 6.45) is 2.14. The van der Waals surface area contributed by atoms with Gasteiger partial charge in [-0.3, -0.25) is 4.79 Å². The molecular weight excluding hydrogens is 432 g/mol. The average Bonchev–Trinajstić information content (AvgIpc) is 2.81. The van der Waals surface area contributed by atoms with Crippen molar-refractivity contribution < 1.29 is 14.3 Å². The number of carbonyl (C=O) groups is 1. The molecule has 4 heteroatoms. The SMILES string of the molecule is CC(C)Cc1ccc(C(C)C(=O)OC[C@@H]2C[C@H](Cl)C[C@H](c3cccc4ccccc34)O2)cc1. The Morgan fingerprint density at radius 2 is 1.73 bits per heavy atom. The molecule has 0 bridgehead atoms. The van der Waals surface area contributed by atoms with Crippen molar-refractivity contribution in [2.75, 3.05) is 6.61 Å². The van der Waals surface area contributed by atoms with E-state index in [0.717, 1.165) is 24.0 Å². The van der Waals surface area contributed by atoms with Crippen molar-refractivity contribution in [3.63, 3.8) is 0 Å². The van der Waals surface area contributed by atoms with E-state index in [0.29, 0.717) is 12.3 Å². The first-order valence-corrected chi connectivity index (χ1v) is 12.4. The molecule has 0 spiro atoms. The van der Waals surface area contributed by atoms with Crippen molar-refractivity contribution in [3.05, 3.63) is 83.4 Å². The molecule has 1 saturated heterocycles. The van der Waals surface area contributed by atoms with E-state index in [-0.39, 0.29) is 36.1 Å². The van der Waals surface area contributed by atoms with Crippen molar-refractivity contribution >= 4 is 28.3 Å². The van der Waals surface area contributed by atoms with E-state index in [1.54, 1.807) is 0 Å². The molecule has 0 aliphatic carbocycles. The summed E-state index contributed by atoms with van der Waals surface area (Å²) in [7, 11) is 0. The molecule has 3 aromatic rings. The van der Waals surface area contributed by atoms with Crippen LogP contribution >= 0.6 is 11.6 Å². The molecule has 1 heterocycles. The molecule has 0 N–H and O–H groups in total. The van der Waals surface area contributed by atoms with Gasteiger partial charge in [0.2, 0.25) is 0 Å². The molecule has 0 aromatic heterocycles. The van der Waals surface area contributed by atoms with Crippen molar-refractivity contribution in [2.24, 2.45) is 5.92 Å². The van der Waals surface area contributed by atoms with Crippen LogP contribution in [-0.4, -0.2) is 24.1 Å². The predicted octanol–water partition coefficient (Wildman–Crippen LogP) is 7.21. The molecule has 1 unspecified atom stereocenters. The molecule has 33 heavy (non-hydrogen) atoms. The highest BCUT2D eigenvalue weighted by Crippen LogP contribution is 2.37. The number of hydrogen-bond donors (Lipinski definition) is 0. The second kappa shape index (κ2) is 10.7. The third-order valence-electron chi connectivity index (χ3n) is 6.40. The van der Waals surface area contributed by atoms with E-state index < -0.39 is 0 Å². The van der Waals surface area contributed by atoms with Crippen LogP contribution in [0.15, 0.2) is 66.7 Å². The zero-order chi connectivity index (χ0) is 23.4. The van der Waals surface area contributed by atoms with Gasteiger partial charge in [-0.15, -0.1) is 11.6 Å². The molecule has 1 fully saturated rings. The van der Waals surface area contributed by atoms with Crippen molar-refractivity contribution in [1.82, 2.24) is 0 Å². The maximum atomic E-state index is 12.7. The highest BCUT2D eigenvalue weighted by atomic mass is 35.5. The Morgan fingerprint density at radius 3 is 2.48 bits per heavy atom. The monoisotopic (exact) mass is 464 g/mol. The van der Waals surface area contributed by atoms with E-state index in [1.807, 2.05) is 31.2 Å². The normalized spacial score (nSPS) is 21.8. The van der Waals surface area contributed by atoms with E-state index in [9.17, 15) is 4.79 Å². The fourth-order valence-electron chi connectivity index (χ4n) is 4.65. The van der Waals surface area contributed by atoms with Crippen LogP contribution in [0.1, 0.15) is 62.3 Å². The summed E-state index contributed by atoms with van der Waals surface area (Å²) in [5.41, 5.74) is 3.41. The summed E-state index contributed by atoms with van der Waals surface area (Å²) in [6.45, 7) is 6.53. The van der Waals surface area contributed by atoms with Gasteiger partial charge in [0.05, 0.1) is 18.1 Å². The van der Waals surface area contributed by atoms with Crippen LogP contribution in [-0.2, 0) is 20.7 Å². The van der Waals surface area contributed by atoms with Crippen LogP contribution in [0.5, 0.6) is 0 Å². The lowest BCUT2D eigenvalue weighted by atomic mass is 9.94. The van der Waals surface area contributed by atoms with E-state index in [1.165, 1.54) is 16.3 Å². The van der Waals surface area contributed by atoms with E-state index in [2.05, 4.69) is 56.3 Å². The zero-order valence-electron chi connectivity index (χ0n) is 19.7. The van der Waals surface area contributed by atoms with Crippen LogP contribution in [0, 0.1) is 5.92 Å². The van der Waals surface area contributed by atoms with Crippen LogP contribution in [0.3, 0.4) is 0 Å². The van der Waals surface area contributed by atoms with Crippen LogP contribution < -0.4 is 0 Å². The quantitative estimate of drug-likeness (QED) is 0.273. The summed E-state index contributed by atoms with van der Waals surface area (Å²) in [4.78, 5) is 12.7. The Kier molecular flexibility index (Phi) is 7.72.